The first-order chi connectivity index (χ1) is 9.59. The van der Waals surface area contributed by atoms with Crippen molar-refractivity contribution in [1.82, 2.24) is 9.80 Å². The Bertz CT molecular complexity index is 555. The van der Waals surface area contributed by atoms with E-state index in [0.29, 0.717) is 0 Å². The van der Waals surface area contributed by atoms with Crippen LogP contribution in [0.2, 0.25) is 0 Å². The van der Waals surface area contributed by atoms with Crippen molar-refractivity contribution in [3.63, 3.8) is 0 Å². The Morgan fingerprint density at radius 2 is 2.00 bits per heavy atom. The minimum absolute atomic E-state index is 0.0459. The zero-order valence-electron chi connectivity index (χ0n) is 12.0. The van der Waals surface area contributed by atoms with Crippen LogP contribution in [0, 0.1) is 6.92 Å². The lowest BCUT2D eigenvalue weighted by Crippen LogP contribution is -2.57. The normalized spacial score (nSPS) is 24.0. The smallest absolute Gasteiger partial charge is 0.246 e. The molecule has 2 fully saturated rings. The van der Waals surface area contributed by atoms with E-state index in [-0.39, 0.29) is 30.4 Å². The Labute approximate surface area is 119 Å². The van der Waals surface area contributed by atoms with Gasteiger partial charge in [0.1, 0.15) is 12.6 Å². The SMILES string of the molecule is Cc1ccccc1C(C)N1CC(=O)N2CCCC2C1=O. The number of carbonyl (C=O) groups excluding carboxylic acids is 2. The van der Waals surface area contributed by atoms with E-state index in [2.05, 4.69) is 0 Å². The van der Waals surface area contributed by atoms with Crippen molar-refractivity contribution < 1.29 is 9.59 Å². The third kappa shape index (κ3) is 1.99. The predicted molar refractivity (Wildman–Crippen MR) is 76.0 cm³/mol. The third-order valence-corrected chi connectivity index (χ3v) is 4.55. The van der Waals surface area contributed by atoms with Crippen LogP contribution < -0.4 is 0 Å². The van der Waals surface area contributed by atoms with E-state index in [9.17, 15) is 9.59 Å². The largest absolute Gasteiger partial charge is 0.329 e. The van der Waals surface area contributed by atoms with Crippen LogP contribution in [0.4, 0.5) is 0 Å². The van der Waals surface area contributed by atoms with E-state index in [0.717, 1.165) is 30.5 Å². The third-order valence-electron chi connectivity index (χ3n) is 4.55. The zero-order chi connectivity index (χ0) is 14.3. The van der Waals surface area contributed by atoms with Gasteiger partial charge in [-0.15, -0.1) is 0 Å². The molecule has 2 unspecified atom stereocenters. The maximum Gasteiger partial charge on any atom is 0.246 e. The highest BCUT2D eigenvalue weighted by Crippen LogP contribution is 2.30. The molecule has 0 radical (unpaired) electrons. The minimum atomic E-state index is -0.220. The van der Waals surface area contributed by atoms with E-state index < -0.39 is 0 Å². The first-order valence-electron chi connectivity index (χ1n) is 7.25. The van der Waals surface area contributed by atoms with Crippen molar-refractivity contribution in [1.29, 1.82) is 0 Å². The molecule has 2 heterocycles. The second kappa shape index (κ2) is 4.93. The topological polar surface area (TPSA) is 40.6 Å². The van der Waals surface area contributed by atoms with Crippen LogP contribution in [-0.4, -0.2) is 40.7 Å². The lowest BCUT2D eigenvalue weighted by molar-refractivity contribution is -0.155. The fraction of sp³-hybridized carbons (Fsp3) is 0.500. The molecule has 1 aromatic rings. The van der Waals surface area contributed by atoms with Crippen LogP contribution in [0.5, 0.6) is 0 Å². The Hall–Kier alpha value is -1.84. The lowest BCUT2D eigenvalue weighted by atomic mass is 9.99. The number of amides is 2. The molecule has 0 saturated carbocycles. The highest BCUT2D eigenvalue weighted by molar-refractivity contribution is 5.95. The highest BCUT2D eigenvalue weighted by Gasteiger charge is 2.43. The summed E-state index contributed by atoms with van der Waals surface area (Å²) in [5.41, 5.74) is 2.29. The molecule has 4 heteroatoms. The van der Waals surface area contributed by atoms with Crippen molar-refractivity contribution in [3.8, 4) is 0 Å². The quantitative estimate of drug-likeness (QED) is 0.825. The Balaban J connectivity index is 1.88. The molecule has 3 rings (SSSR count). The van der Waals surface area contributed by atoms with Gasteiger partial charge in [-0.2, -0.15) is 0 Å². The maximum atomic E-state index is 12.6. The zero-order valence-corrected chi connectivity index (χ0v) is 12.0. The van der Waals surface area contributed by atoms with Gasteiger partial charge in [0.25, 0.3) is 0 Å². The summed E-state index contributed by atoms with van der Waals surface area (Å²) in [6.07, 6.45) is 1.75. The molecule has 0 N–H and O–H groups in total. The lowest BCUT2D eigenvalue weighted by Gasteiger charge is -2.40. The summed E-state index contributed by atoms with van der Waals surface area (Å²) in [6.45, 7) is 5.01. The average molecular weight is 272 g/mol. The number of carbonyl (C=O) groups is 2. The van der Waals surface area contributed by atoms with Gasteiger partial charge in [0.15, 0.2) is 0 Å². The summed E-state index contributed by atoms with van der Waals surface area (Å²) in [5, 5.41) is 0. The van der Waals surface area contributed by atoms with Gasteiger partial charge in [0.05, 0.1) is 6.04 Å². The van der Waals surface area contributed by atoms with Crippen LogP contribution in [0.15, 0.2) is 24.3 Å². The molecular formula is C16H20N2O2. The van der Waals surface area contributed by atoms with E-state index in [4.69, 9.17) is 0 Å². The van der Waals surface area contributed by atoms with Gasteiger partial charge in [-0.3, -0.25) is 9.59 Å². The van der Waals surface area contributed by atoms with Gasteiger partial charge >= 0.3 is 0 Å². The van der Waals surface area contributed by atoms with Crippen LogP contribution in [0.25, 0.3) is 0 Å². The minimum Gasteiger partial charge on any atom is -0.329 e. The number of hydrogen-bond acceptors (Lipinski definition) is 2. The van der Waals surface area contributed by atoms with Gasteiger partial charge in [-0.05, 0) is 37.8 Å². The summed E-state index contributed by atoms with van der Waals surface area (Å²) < 4.78 is 0. The van der Waals surface area contributed by atoms with E-state index in [1.54, 1.807) is 9.80 Å². The summed E-state index contributed by atoms with van der Waals surface area (Å²) in [7, 11) is 0. The average Bonchev–Trinajstić information content (AvgIpc) is 2.93. The molecule has 2 saturated heterocycles. The van der Waals surface area contributed by atoms with Crippen molar-refractivity contribution in [2.45, 2.75) is 38.8 Å². The number of rotatable bonds is 2. The van der Waals surface area contributed by atoms with E-state index in [1.807, 2.05) is 38.1 Å². The van der Waals surface area contributed by atoms with Crippen molar-refractivity contribution >= 4 is 11.8 Å². The Morgan fingerprint density at radius 1 is 1.25 bits per heavy atom. The molecule has 2 aliphatic heterocycles. The van der Waals surface area contributed by atoms with Gasteiger partial charge in [-0.1, -0.05) is 24.3 Å². The van der Waals surface area contributed by atoms with Crippen LogP contribution in [-0.2, 0) is 9.59 Å². The number of nitrogens with zero attached hydrogens (tertiary/aromatic N) is 2. The molecule has 0 bridgehead atoms. The molecule has 20 heavy (non-hydrogen) atoms. The van der Waals surface area contributed by atoms with Crippen LogP contribution in [0.3, 0.4) is 0 Å². The monoisotopic (exact) mass is 272 g/mol. The number of piperazine rings is 1. The van der Waals surface area contributed by atoms with Gasteiger partial charge in [-0.25, -0.2) is 0 Å². The molecule has 106 valence electrons. The fourth-order valence-electron chi connectivity index (χ4n) is 3.38. The van der Waals surface area contributed by atoms with Crippen molar-refractivity contribution in [2.24, 2.45) is 0 Å². The van der Waals surface area contributed by atoms with Crippen molar-refractivity contribution in [3.05, 3.63) is 35.4 Å². The maximum absolute atomic E-state index is 12.6. The highest BCUT2D eigenvalue weighted by atomic mass is 16.2. The van der Waals surface area contributed by atoms with E-state index >= 15 is 0 Å². The summed E-state index contributed by atoms with van der Waals surface area (Å²) >= 11 is 0. The first-order valence-corrected chi connectivity index (χ1v) is 7.25. The molecule has 1 aromatic carbocycles. The van der Waals surface area contributed by atoms with Crippen molar-refractivity contribution in [2.75, 3.05) is 13.1 Å². The molecule has 0 aromatic heterocycles. The summed E-state index contributed by atoms with van der Waals surface area (Å²) in [4.78, 5) is 28.3. The second-order valence-corrected chi connectivity index (χ2v) is 5.74. The Morgan fingerprint density at radius 3 is 2.75 bits per heavy atom. The van der Waals surface area contributed by atoms with Gasteiger partial charge in [0.2, 0.25) is 11.8 Å². The van der Waals surface area contributed by atoms with Crippen LogP contribution in [0.1, 0.15) is 36.9 Å². The number of fused-ring (bicyclic) bond motifs is 1. The molecule has 2 amide bonds. The molecule has 2 atom stereocenters. The molecule has 2 aliphatic rings. The summed E-state index contributed by atoms with van der Waals surface area (Å²) in [6, 6.07) is 7.80. The van der Waals surface area contributed by atoms with E-state index in [1.165, 1.54) is 0 Å². The Kier molecular flexibility index (Phi) is 3.24. The predicted octanol–water partition coefficient (Wildman–Crippen LogP) is 1.89. The number of hydrogen-bond donors (Lipinski definition) is 0. The molecular weight excluding hydrogens is 252 g/mol. The van der Waals surface area contributed by atoms with Crippen LogP contribution >= 0.6 is 0 Å². The van der Waals surface area contributed by atoms with Gasteiger partial charge < -0.3 is 9.80 Å². The number of aryl methyl sites for hydroxylation is 1. The molecule has 0 spiro atoms. The standard InChI is InChI=1S/C16H20N2O2/c1-11-6-3-4-7-13(11)12(2)18-10-15(19)17-9-5-8-14(17)16(18)20/h3-4,6-7,12,14H,5,8-10H2,1-2H3. The molecule has 4 nitrogen and oxygen atoms in total. The second-order valence-electron chi connectivity index (χ2n) is 5.74. The fourth-order valence-corrected chi connectivity index (χ4v) is 3.38. The summed E-state index contributed by atoms with van der Waals surface area (Å²) in [5.74, 6) is 0.199. The van der Waals surface area contributed by atoms with Gasteiger partial charge in [0, 0.05) is 6.54 Å². The molecule has 0 aliphatic carbocycles. The number of benzene rings is 1. The first kappa shape index (κ1) is 13.2.